The zero-order valence-corrected chi connectivity index (χ0v) is 30.3. The summed E-state index contributed by atoms with van der Waals surface area (Å²) in [5.74, 6) is 0. The quantitative estimate of drug-likeness (QED) is 0.290. The van der Waals surface area contributed by atoms with Crippen LogP contribution in [-0.4, -0.2) is 5.43 Å². The summed E-state index contributed by atoms with van der Waals surface area (Å²) < 4.78 is 1.57. The van der Waals surface area contributed by atoms with Gasteiger partial charge in [-0.15, -0.1) is 0 Å². The summed E-state index contributed by atoms with van der Waals surface area (Å²) in [6.45, 7) is 17.4. The maximum absolute atomic E-state index is 2.68. The number of hydrogen-bond acceptors (Lipinski definition) is 0. The molecule has 5 heteroatoms. The Morgan fingerprint density at radius 1 is 0.846 bits per heavy atom. The van der Waals surface area contributed by atoms with E-state index in [2.05, 4.69) is 84.1 Å². The molecule has 0 N–H and O–H groups in total. The zero-order chi connectivity index (χ0) is 25.6. The summed E-state index contributed by atoms with van der Waals surface area (Å²) >= 11 is -1.86. The third kappa shape index (κ3) is 6.40. The molecule has 3 aliphatic rings. The molecule has 0 nitrogen and oxygen atoms in total. The molecule has 3 aromatic carbocycles. The van der Waals surface area contributed by atoms with E-state index in [1.165, 1.54) is 24.8 Å². The van der Waals surface area contributed by atoms with Crippen molar-refractivity contribution in [2.45, 2.75) is 74.2 Å². The minimum atomic E-state index is -1.86. The van der Waals surface area contributed by atoms with Gasteiger partial charge in [-0.25, -0.2) is 12.1 Å². The van der Waals surface area contributed by atoms with Crippen LogP contribution in [-0.2, 0) is 50.3 Å². The second-order valence-corrected chi connectivity index (χ2v) is 29.1. The maximum atomic E-state index is 2.68. The van der Waals surface area contributed by atoms with Gasteiger partial charge in [0.25, 0.3) is 0 Å². The standard InChI is InChI=1S/C18H16.C9H13.C5H5.C2H6Si.2ClH.Fe.Zr/c1-12-9-15-11-14-7-4-8-16(14)18(17(15)10-12)13-5-2-3-6-13;1-6-5-7(2)9(4)8(6)3;1-2-4-5-3-1;1-3-2;;;;/h2-3,5-6,9-11H,4,7-8H2,1H3;5H,1-4H3;1-5H;1-2H3;2*1H;;/q-1;;-1;;;;2*+2/p-2. The predicted molar refractivity (Wildman–Crippen MR) is 156 cm³/mol. The van der Waals surface area contributed by atoms with Crippen LogP contribution in [0.3, 0.4) is 0 Å². The second kappa shape index (κ2) is 14.5. The monoisotopic (exact) mass is 692 g/mol. The van der Waals surface area contributed by atoms with Gasteiger partial charge in [-0.2, -0.15) is 18.2 Å². The van der Waals surface area contributed by atoms with E-state index in [-0.39, 0.29) is 47.3 Å². The van der Waals surface area contributed by atoms with Crippen LogP contribution in [0.5, 0.6) is 0 Å². The zero-order valence-electron chi connectivity index (χ0n) is 24.2. The summed E-state index contributed by atoms with van der Waals surface area (Å²) in [4.78, 5) is 0. The van der Waals surface area contributed by atoms with Crippen LogP contribution in [0.4, 0.5) is 0 Å². The van der Waals surface area contributed by atoms with Crippen LogP contribution < -0.4 is 24.8 Å². The number of allylic oxidation sites excluding steroid dienone is 5. The van der Waals surface area contributed by atoms with Crippen molar-refractivity contribution in [2.75, 3.05) is 0 Å². The normalized spacial score (nSPS) is 17.1. The second-order valence-electron chi connectivity index (χ2n) is 11.2. The Labute approximate surface area is 267 Å². The van der Waals surface area contributed by atoms with Gasteiger partial charge in [-0.3, -0.25) is 0 Å². The molecule has 1 atom stereocenters. The molecule has 0 heterocycles. The number of fused-ring (bicyclic) bond motifs is 2. The first-order chi connectivity index (χ1) is 17.3. The first kappa shape index (κ1) is 34.5. The van der Waals surface area contributed by atoms with Crippen molar-refractivity contribution >= 4 is 11.5 Å². The summed E-state index contributed by atoms with van der Waals surface area (Å²) in [7, 11) is 0. The SMILES string of the molecule is CC1=Cc2c(cc3c(c2-[c-]2cccc2)CCC3)[CH]1[Zr+2]([CH]1C(C)=C(C)C(C)=C1C)=[Si](C)C.[Cl-].[Cl-].[Fe+2].c1cc[cH-]c1. The van der Waals surface area contributed by atoms with Gasteiger partial charge in [0.05, 0.1) is 0 Å². The minimum absolute atomic E-state index is 0. The fraction of sp³-hybridized carbons (Fsp3) is 0.353. The Bertz CT molecular complexity index is 1380. The number of halogens is 2. The predicted octanol–water partition coefficient (Wildman–Crippen LogP) is 3.77. The van der Waals surface area contributed by atoms with Crippen molar-refractivity contribution in [1.29, 1.82) is 0 Å². The van der Waals surface area contributed by atoms with E-state index in [0.29, 0.717) is 0 Å². The molecular weight excluding hydrogens is 654 g/mol. The van der Waals surface area contributed by atoms with Crippen molar-refractivity contribution < 1.29 is 62.2 Å². The Morgan fingerprint density at radius 3 is 1.95 bits per heavy atom. The molecule has 0 fully saturated rings. The van der Waals surface area contributed by atoms with Crippen LogP contribution in [0, 0.1) is 0 Å². The molecule has 0 bridgehead atoms. The molecule has 0 saturated carbocycles. The maximum Gasteiger partial charge on any atom is 2.00 e. The van der Waals surface area contributed by atoms with Crippen molar-refractivity contribution in [1.82, 2.24) is 0 Å². The summed E-state index contributed by atoms with van der Waals surface area (Å²) in [5.41, 5.74) is 17.6. The van der Waals surface area contributed by atoms with E-state index in [0.717, 1.165) is 7.25 Å². The molecule has 3 aliphatic carbocycles. The van der Waals surface area contributed by atoms with Crippen LogP contribution in [0.1, 0.15) is 66.9 Å². The van der Waals surface area contributed by atoms with Gasteiger partial charge in [0.2, 0.25) is 0 Å². The molecule has 0 aliphatic heterocycles. The average molecular weight is 695 g/mol. The Hall–Kier alpha value is -0.661. The fourth-order valence-corrected chi connectivity index (χ4v) is 28.4. The first-order valence-corrected chi connectivity index (χ1v) is 22.6. The van der Waals surface area contributed by atoms with E-state index >= 15 is 0 Å². The minimum Gasteiger partial charge on any atom is -1.00 e. The van der Waals surface area contributed by atoms with Crippen molar-refractivity contribution in [3.05, 3.63) is 111 Å². The van der Waals surface area contributed by atoms with E-state index in [1.54, 1.807) is 55.7 Å². The third-order valence-corrected chi connectivity index (χ3v) is 29.1. The Kier molecular flexibility index (Phi) is 12.8. The van der Waals surface area contributed by atoms with E-state index in [4.69, 9.17) is 0 Å². The van der Waals surface area contributed by atoms with E-state index < -0.39 is 20.4 Å². The molecule has 0 radical (unpaired) electrons. The first-order valence-electron chi connectivity index (χ1n) is 13.6. The Balaban J connectivity index is 0.000000603. The largest absolute Gasteiger partial charge is 2.00 e. The van der Waals surface area contributed by atoms with Gasteiger partial charge in [0, 0.05) is 0 Å². The topological polar surface area (TPSA) is 0 Å². The van der Waals surface area contributed by atoms with Gasteiger partial charge >= 0.3 is 215 Å². The van der Waals surface area contributed by atoms with Gasteiger partial charge < -0.3 is 24.8 Å². The molecule has 1 unspecified atom stereocenters. The summed E-state index contributed by atoms with van der Waals surface area (Å²) in [5, 5.41) is 0. The molecule has 0 spiro atoms. The molecule has 0 amide bonds. The summed E-state index contributed by atoms with van der Waals surface area (Å²) in [6.07, 6.45) is 6.47. The van der Waals surface area contributed by atoms with Crippen LogP contribution in [0.15, 0.2) is 88.5 Å². The van der Waals surface area contributed by atoms with Crippen LogP contribution >= 0.6 is 0 Å². The van der Waals surface area contributed by atoms with Crippen molar-refractivity contribution in [2.24, 2.45) is 0 Å². The van der Waals surface area contributed by atoms with Crippen LogP contribution in [0.25, 0.3) is 17.2 Å². The molecule has 0 saturated heterocycles. The third-order valence-electron chi connectivity index (χ3n) is 8.93. The van der Waals surface area contributed by atoms with Gasteiger partial charge in [-0.1, -0.05) is 0 Å². The van der Waals surface area contributed by atoms with E-state index in [9.17, 15) is 0 Å². The average Bonchev–Trinajstić information content (AvgIpc) is 3.68. The molecule has 39 heavy (non-hydrogen) atoms. The van der Waals surface area contributed by atoms with Crippen molar-refractivity contribution in [3.63, 3.8) is 0 Å². The number of aryl methyl sites for hydroxylation is 1. The fourth-order valence-electron chi connectivity index (χ4n) is 6.90. The molecular formula is C34H40Cl2FeSiZr. The van der Waals surface area contributed by atoms with Gasteiger partial charge in [0.15, 0.2) is 0 Å². The smallest absolute Gasteiger partial charge is 1.00 e. The summed E-state index contributed by atoms with van der Waals surface area (Å²) in [6, 6.07) is 21.8. The number of hydrogen-bond donors (Lipinski definition) is 0. The van der Waals surface area contributed by atoms with Gasteiger partial charge in [0.1, 0.15) is 0 Å². The molecule has 3 aromatic rings. The van der Waals surface area contributed by atoms with Crippen LogP contribution in [0.2, 0.25) is 16.7 Å². The van der Waals surface area contributed by atoms with Gasteiger partial charge in [-0.05, 0) is 0 Å². The van der Waals surface area contributed by atoms with E-state index in [1.807, 2.05) is 30.3 Å². The Morgan fingerprint density at radius 2 is 1.44 bits per heavy atom. The molecule has 6 rings (SSSR count). The molecule has 206 valence electrons. The number of rotatable bonds is 3. The number of benzene rings is 1. The van der Waals surface area contributed by atoms with Crippen molar-refractivity contribution in [3.8, 4) is 11.1 Å². The molecule has 0 aromatic heterocycles.